The van der Waals surface area contributed by atoms with Gasteiger partial charge in [-0.15, -0.1) is 0 Å². The molecular formula is C17H13ClN2O. The van der Waals surface area contributed by atoms with Crippen molar-refractivity contribution in [2.45, 2.75) is 6.92 Å². The van der Waals surface area contributed by atoms with Gasteiger partial charge in [0.2, 0.25) is 0 Å². The van der Waals surface area contributed by atoms with Gasteiger partial charge in [-0.2, -0.15) is 5.26 Å². The number of anilines is 1. The Labute approximate surface area is 128 Å². The number of nitrogens with zero attached hydrogens (tertiary/aromatic N) is 1. The van der Waals surface area contributed by atoms with Gasteiger partial charge in [0, 0.05) is 10.7 Å². The summed E-state index contributed by atoms with van der Waals surface area (Å²) in [6, 6.07) is 16.2. The van der Waals surface area contributed by atoms with Crippen molar-refractivity contribution in [1.29, 1.82) is 5.26 Å². The summed E-state index contributed by atoms with van der Waals surface area (Å²) in [7, 11) is 0. The number of halogens is 1. The fourth-order valence-electron chi connectivity index (χ4n) is 1.81. The predicted molar refractivity (Wildman–Crippen MR) is 84.9 cm³/mol. The van der Waals surface area contributed by atoms with Crippen molar-refractivity contribution < 1.29 is 4.79 Å². The summed E-state index contributed by atoms with van der Waals surface area (Å²) in [5.41, 5.74) is 2.53. The van der Waals surface area contributed by atoms with E-state index in [1.807, 2.05) is 37.3 Å². The van der Waals surface area contributed by atoms with E-state index in [9.17, 15) is 4.79 Å². The van der Waals surface area contributed by atoms with Crippen molar-refractivity contribution in [2.24, 2.45) is 0 Å². The second-order valence-electron chi connectivity index (χ2n) is 4.54. The van der Waals surface area contributed by atoms with Crippen LogP contribution in [-0.4, -0.2) is 5.91 Å². The number of amides is 1. The van der Waals surface area contributed by atoms with Gasteiger partial charge in [-0.05, 0) is 42.8 Å². The fourth-order valence-corrected chi connectivity index (χ4v) is 1.93. The third kappa shape index (κ3) is 4.20. The minimum absolute atomic E-state index is 0.0514. The first-order valence-corrected chi connectivity index (χ1v) is 6.71. The van der Waals surface area contributed by atoms with Crippen LogP contribution in [0.3, 0.4) is 0 Å². The zero-order chi connectivity index (χ0) is 15.2. The second kappa shape index (κ2) is 6.74. The van der Waals surface area contributed by atoms with Crippen LogP contribution in [0.4, 0.5) is 5.69 Å². The molecule has 0 unspecified atom stereocenters. The molecule has 0 fully saturated rings. The molecule has 2 aromatic rings. The van der Waals surface area contributed by atoms with Crippen molar-refractivity contribution >= 4 is 29.3 Å². The molecule has 21 heavy (non-hydrogen) atoms. The first kappa shape index (κ1) is 14.8. The van der Waals surface area contributed by atoms with E-state index < -0.39 is 5.91 Å². The number of aryl methyl sites for hydroxylation is 1. The Bertz CT molecular complexity index is 727. The van der Waals surface area contributed by atoms with Gasteiger partial charge in [0.15, 0.2) is 0 Å². The molecule has 1 amide bonds. The lowest BCUT2D eigenvalue weighted by Gasteiger charge is -2.04. The summed E-state index contributed by atoms with van der Waals surface area (Å²) in [5.74, 6) is -0.443. The third-order valence-corrected chi connectivity index (χ3v) is 3.07. The Morgan fingerprint density at radius 1 is 1.24 bits per heavy atom. The molecule has 0 radical (unpaired) electrons. The lowest BCUT2D eigenvalue weighted by atomic mass is 10.1. The van der Waals surface area contributed by atoms with Crippen LogP contribution in [0.15, 0.2) is 54.1 Å². The van der Waals surface area contributed by atoms with Crippen LogP contribution < -0.4 is 5.32 Å². The average Bonchev–Trinajstić information content (AvgIpc) is 2.47. The highest BCUT2D eigenvalue weighted by Crippen LogP contribution is 2.15. The highest BCUT2D eigenvalue weighted by Gasteiger charge is 2.09. The van der Waals surface area contributed by atoms with E-state index in [0.717, 1.165) is 11.1 Å². The SMILES string of the molecule is Cc1cccc(/C=C(/C#N)C(=O)Nc2ccc(Cl)cc2)c1. The van der Waals surface area contributed by atoms with Crippen LogP contribution in [0.5, 0.6) is 0 Å². The first-order valence-electron chi connectivity index (χ1n) is 6.34. The van der Waals surface area contributed by atoms with E-state index in [1.54, 1.807) is 30.3 Å². The van der Waals surface area contributed by atoms with Crippen molar-refractivity contribution in [3.05, 3.63) is 70.3 Å². The van der Waals surface area contributed by atoms with Gasteiger partial charge in [0.25, 0.3) is 5.91 Å². The number of benzene rings is 2. The average molecular weight is 297 g/mol. The Hall–Kier alpha value is -2.57. The van der Waals surface area contributed by atoms with Crippen LogP contribution in [0, 0.1) is 18.3 Å². The van der Waals surface area contributed by atoms with E-state index in [2.05, 4.69) is 5.32 Å². The van der Waals surface area contributed by atoms with E-state index in [0.29, 0.717) is 10.7 Å². The molecule has 0 saturated heterocycles. The maximum absolute atomic E-state index is 12.1. The van der Waals surface area contributed by atoms with Crippen molar-refractivity contribution in [3.63, 3.8) is 0 Å². The van der Waals surface area contributed by atoms with Gasteiger partial charge in [-0.25, -0.2) is 0 Å². The molecule has 0 aliphatic heterocycles. The Morgan fingerprint density at radius 2 is 1.95 bits per heavy atom. The van der Waals surface area contributed by atoms with Crippen LogP contribution in [0.2, 0.25) is 5.02 Å². The highest BCUT2D eigenvalue weighted by molar-refractivity contribution is 6.30. The zero-order valence-corrected chi connectivity index (χ0v) is 12.2. The van der Waals surface area contributed by atoms with Crippen LogP contribution in [-0.2, 0) is 4.79 Å². The summed E-state index contributed by atoms with van der Waals surface area (Å²) in [5, 5.41) is 12.4. The molecule has 104 valence electrons. The number of rotatable bonds is 3. The van der Waals surface area contributed by atoms with Crippen LogP contribution in [0.1, 0.15) is 11.1 Å². The minimum Gasteiger partial charge on any atom is -0.321 e. The molecule has 4 heteroatoms. The third-order valence-electron chi connectivity index (χ3n) is 2.82. The van der Waals surface area contributed by atoms with Crippen molar-refractivity contribution in [2.75, 3.05) is 5.32 Å². The Morgan fingerprint density at radius 3 is 2.57 bits per heavy atom. The second-order valence-corrected chi connectivity index (χ2v) is 4.98. The zero-order valence-electron chi connectivity index (χ0n) is 11.4. The molecule has 2 aromatic carbocycles. The first-order chi connectivity index (χ1) is 10.1. The molecule has 2 rings (SSSR count). The maximum Gasteiger partial charge on any atom is 0.266 e. The standard InChI is InChI=1S/C17H13ClN2O/c1-12-3-2-4-13(9-12)10-14(11-19)17(21)20-16-7-5-15(18)6-8-16/h2-10H,1H3,(H,20,21)/b14-10-. The lowest BCUT2D eigenvalue weighted by Crippen LogP contribution is -2.13. The van der Waals surface area contributed by atoms with Crippen LogP contribution in [0.25, 0.3) is 6.08 Å². The Balaban J connectivity index is 2.19. The number of carbonyl (C=O) groups is 1. The molecule has 1 N–H and O–H groups in total. The van der Waals surface area contributed by atoms with Crippen LogP contribution >= 0.6 is 11.6 Å². The van der Waals surface area contributed by atoms with E-state index in [1.165, 1.54) is 0 Å². The minimum atomic E-state index is -0.443. The molecule has 0 spiro atoms. The van der Waals surface area contributed by atoms with Gasteiger partial charge in [0.05, 0.1) is 0 Å². The largest absolute Gasteiger partial charge is 0.321 e. The number of hydrogen-bond donors (Lipinski definition) is 1. The molecular weight excluding hydrogens is 284 g/mol. The predicted octanol–water partition coefficient (Wildman–Crippen LogP) is 4.19. The van der Waals surface area contributed by atoms with Gasteiger partial charge in [-0.3, -0.25) is 4.79 Å². The Kier molecular flexibility index (Phi) is 4.76. The smallest absolute Gasteiger partial charge is 0.266 e. The molecule has 0 heterocycles. The molecule has 0 aliphatic carbocycles. The normalized spacial score (nSPS) is 10.8. The molecule has 0 aliphatic rings. The summed E-state index contributed by atoms with van der Waals surface area (Å²) in [6.07, 6.45) is 1.57. The fraction of sp³-hybridized carbons (Fsp3) is 0.0588. The number of carbonyl (C=O) groups excluding carboxylic acids is 1. The van der Waals surface area contributed by atoms with Crippen molar-refractivity contribution in [3.8, 4) is 6.07 Å². The van der Waals surface area contributed by atoms with Gasteiger partial charge in [0.1, 0.15) is 11.6 Å². The highest BCUT2D eigenvalue weighted by atomic mass is 35.5. The van der Waals surface area contributed by atoms with E-state index in [4.69, 9.17) is 16.9 Å². The van der Waals surface area contributed by atoms with Crippen molar-refractivity contribution in [1.82, 2.24) is 0 Å². The number of nitrogens with one attached hydrogen (secondary N) is 1. The van der Waals surface area contributed by atoms with Gasteiger partial charge < -0.3 is 5.32 Å². The number of hydrogen-bond acceptors (Lipinski definition) is 2. The molecule has 0 bridgehead atoms. The molecule has 0 aromatic heterocycles. The quantitative estimate of drug-likeness (QED) is 0.682. The van der Waals surface area contributed by atoms with Gasteiger partial charge in [-0.1, -0.05) is 41.4 Å². The summed E-state index contributed by atoms with van der Waals surface area (Å²) < 4.78 is 0. The van der Waals surface area contributed by atoms with E-state index in [-0.39, 0.29) is 5.57 Å². The summed E-state index contributed by atoms with van der Waals surface area (Å²) >= 11 is 5.78. The lowest BCUT2D eigenvalue weighted by molar-refractivity contribution is -0.112. The topological polar surface area (TPSA) is 52.9 Å². The molecule has 3 nitrogen and oxygen atoms in total. The summed E-state index contributed by atoms with van der Waals surface area (Å²) in [6.45, 7) is 1.96. The molecule has 0 saturated carbocycles. The summed E-state index contributed by atoms with van der Waals surface area (Å²) in [4.78, 5) is 12.1. The van der Waals surface area contributed by atoms with Gasteiger partial charge >= 0.3 is 0 Å². The van der Waals surface area contributed by atoms with E-state index >= 15 is 0 Å². The maximum atomic E-state index is 12.1. The monoisotopic (exact) mass is 296 g/mol. The molecule has 0 atom stereocenters. The number of nitriles is 1.